The van der Waals surface area contributed by atoms with Crippen LogP contribution in [0.2, 0.25) is 0 Å². The number of nitrogens with one attached hydrogen (secondary N) is 1. The average molecular weight is 520 g/mol. The second-order valence-corrected chi connectivity index (χ2v) is 12.8. The van der Waals surface area contributed by atoms with Crippen molar-refractivity contribution < 1.29 is 14.6 Å². The summed E-state index contributed by atoms with van der Waals surface area (Å²) in [6, 6.07) is 15.4. The van der Waals surface area contributed by atoms with Crippen LogP contribution in [0.25, 0.3) is 22.3 Å². The molecule has 0 bridgehead atoms. The van der Waals surface area contributed by atoms with E-state index in [1.54, 1.807) is 6.07 Å². The van der Waals surface area contributed by atoms with Gasteiger partial charge in [0.05, 0.1) is 6.61 Å². The highest BCUT2D eigenvalue weighted by molar-refractivity contribution is 7.12. The van der Waals surface area contributed by atoms with Crippen LogP contribution < -0.4 is 10.1 Å². The summed E-state index contributed by atoms with van der Waals surface area (Å²) in [5.74, 6) is -0.00926. The van der Waals surface area contributed by atoms with E-state index in [-0.39, 0.29) is 10.8 Å². The van der Waals surface area contributed by atoms with Gasteiger partial charge in [0.15, 0.2) is 0 Å². The molecule has 0 aliphatic heterocycles. The van der Waals surface area contributed by atoms with Gasteiger partial charge in [0, 0.05) is 11.6 Å². The molecule has 2 N–H and O–H groups in total. The van der Waals surface area contributed by atoms with Gasteiger partial charge in [-0.15, -0.1) is 11.3 Å². The lowest BCUT2D eigenvalue weighted by Gasteiger charge is -2.42. The smallest absolute Gasteiger partial charge is 0.345 e. The van der Waals surface area contributed by atoms with E-state index in [2.05, 4.69) is 71.1 Å². The predicted octanol–water partition coefficient (Wildman–Crippen LogP) is 8.29. The minimum absolute atomic E-state index is 0.118. The number of carbonyl (C=O) groups is 1. The summed E-state index contributed by atoms with van der Waals surface area (Å²) in [6.45, 7) is 15.4. The van der Waals surface area contributed by atoms with E-state index in [1.165, 1.54) is 28.9 Å². The van der Waals surface area contributed by atoms with Crippen LogP contribution in [0.5, 0.6) is 5.75 Å². The maximum Gasteiger partial charge on any atom is 0.345 e. The highest BCUT2D eigenvalue weighted by Crippen LogP contribution is 2.47. The fraction of sp³-hybridized carbons (Fsp3) is 0.469. The molecule has 0 radical (unpaired) electrons. The molecule has 1 aliphatic carbocycles. The molecular weight excluding hydrogens is 478 g/mol. The van der Waals surface area contributed by atoms with E-state index in [4.69, 9.17) is 4.74 Å². The Morgan fingerprint density at radius 2 is 1.65 bits per heavy atom. The number of hydrogen-bond acceptors (Lipinski definition) is 4. The van der Waals surface area contributed by atoms with Crippen molar-refractivity contribution in [2.45, 2.75) is 84.1 Å². The number of hydrogen-bond donors (Lipinski definition) is 2. The molecule has 0 spiro atoms. The van der Waals surface area contributed by atoms with Gasteiger partial charge in [-0.1, -0.05) is 65.8 Å². The molecule has 1 aliphatic rings. The van der Waals surface area contributed by atoms with E-state index >= 15 is 0 Å². The topological polar surface area (TPSA) is 58.6 Å². The van der Waals surface area contributed by atoms with E-state index in [0.29, 0.717) is 17.5 Å². The molecule has 0 saturated carbocycles. The number of carboxylic acid groups (broad SMARTS) is 1. The maximum absolute atomic E-state index is 11.5. The van der Waals surface area contributed by atoms with Gasteiger partial charge in [-0.05, 0) is 94.5 Å². The van der Waals surface area contributed by atoms with Gasteiger partial charge >= 0.3 is 5.97 Å². The molecule has 37 heavy (non-hydrogen) atoms. The summed E-state index contributed by atoms with van der Waals surface area (Å²) in [6.07, 6.45) is 4.41. The molecule has 3 aromatic rings. The van der Waals surface area contributed by atoms with Gasteiger partial charge in [0.25, 0.3) is 0 Å². The van der Waals surface area contributed by atoms with Gasteiger partial charge in [-0.25, -0.2) is 4.79 Å². The lowest BCUT2D eigenvalue weighted by Crippen LogP contribution is -2.33. The van der Waals surface area contributed by atoms with Crippen LogP contribution in [-0.4, -0.2) is 30.3 Å². The minimum atomic E-state index is -0.886. The van der Waals surface area contributed by atoms with Crippen molar-refractivity contribution in [3.63, 3.8) is 0 Å². The zero-order valence-electron chi connectivity index (χ0n) is 23.1. The quantitative estimate of drug-likeness (QED) is 0.265. The number of thiophene rings is 1. The van der Waals surface area contributed by atoms with Crippen molar-refractivity contribution in [2.75, 3.05) is 13.2 Å². The predicted molar refractivity (Wildman–Crippen MR) is 155 cm³/mol. The first-order valence-corrected chi connectivity index (χ1v) is 14.3. The third-order valence-corrected chi connectivity index (χ3v) is 8.59. The Balaban J connectivity index is 1.69. The van der Waals surface area contributed by atoms with Gasteiger partial charge < -0.3 is 15.2 Å². The van der Waals surface area contributed by atoms with Gasteiger partial charge in [-0.2, -0.15) is 0 Å². The number of carboxylic acids is 1. The largest absolute Gasteiger partial charge is 0.493 e. The Morgan fingerprint density at radius 1 is 0.946 bits per heavy atom. The molecule has 1 aromatic heterocycles. The van der Waals surface area contributed by atoms with Crippen molar-refractivity contribution in [3.8, 4) is 28.0 Å². The standard InChI is InChI=1S/C32H41NO3S/c1-21(2)33-15-7-8-16-36-28-12-10-22(24-19-29(30(34)35)37-20-24)17-25(28)23-9-11-26-27(18-23)32(5,6)14-13-31(26,3)4/h9-12,17-21,33H,7-8,13-16H2,1-6H3,(H,34,35). The summed E-state index contributed by atoms with van der Waals surface area (Å²) in [5.41, 5.74) is 7.28. The Morgan fingerprint density at radius 3 is 2.32 bits per heavy atom. The minimum Gasteiger partial charge on any atom is -0.493 e. The van der Waals surface area contributed by atoms with E-state index in [9.17, 15) is 9.90 Å². The Bertz CT molecular complexity index is 1250. The first-order valence-electron chi connectivity index (χ1n) is 13.5. The molecule has 0 fully saturated rings. The first-order chi connectivity index (χ1) is 17.5. The molecule has 0 amide bonds. The Kier molecular flexibility index (Phi) is 8.15. The number of benzene rings is 2. The highest BCUT2D eigenvalue weighted by atomic mass is 32.1. The van der Waals surface area contributed by atoms with Gasteiger partial charge in [0.2, 0.25) is 0 Å². The lowest BCUT2D eigenvalue weighted by molar-refractivity contribution is 0.0702. The van der Waals surface area contributed by atoms with Crippen LogP contribution >= 0.6 is 11.3 Å². The normalized spacial score (nSPS) is 16.0. The lowest BCUT2D eigenvalue weighted by atomic mass is 9.63. The summed E-state index contributed by atoms with van der Waals surface area (Å²) in [5, 5.41) is 14.8. The Hall–Kier alpha value is -2.63. The first kappa shape index (κ1) is 27.4. The molecule has 4 nitrogen and oxygen atoms in total. The summed E-state index contributed by atoms with van der Waals surface area (Å²) in [7, 11) is 0. The highest BCUT2D eigenvalue weighted by Gasteiger charge is 2.37. The fourth-order valence-corrected chi connectivity index (χ4v) is 5.97. The van der Waals surface area contributed by atoms with Crippen LogP contribution in [0.1, 0.15) is 88.0 Å². The average Bonchev–Trinajstić information content (AvgIpc) is 3.35. The molecule has 198 valence electrons. The third-order valence-electron chi connectivity index (χ3n) is 7.67. The number of unbranched alkanes of at least 4 members (excludes halogenated alkanes) is 1. The van der Waals surface area contributed by atoms with Crippen molar-refractivity contribution in [2.24, 2.45) is 0 Å². The second-order valence-electron chi connectivity index (χ2n) is 11.9. The number of aromatic carboxylic acids is 1. The van der Waals surface area contributed by atoms with Crippen LogP contribution in [0, 0.1) is 0 Å². The number of fused-ring (bicyclic) bond motifs is 1. The zero-order valence-corrected chi connectivity index (χ0v) is 23.9. The SMILES string of the molecule is CC(C)NCCCCOc1ccc(-c2csc(C(=O)O)c2)cc1-c1ccc2c(c1)C(C)(C)CCC2(C)C. The molecule has 0 atom stereocenters. The molecule has 0 unspecified atom stereocenters. The van der Waals surface area contributed by atoms with Crippen LogP contribution in [0.3, 0.4) is 0 Å². The van der Waals surface area contributed by atoms with Crippen molar-refractivity contribution >= 4 is 17.3 Å². The van der Waals surface area contributed by atoms with E-state index in [0.717, 1.165) is 53.8 Å². The molecule has 5 heteroatoms. The third kappa shape index (κ3) is 6.27. The van der Waals surface area contributed by atoms with Gasteiger partial charge in [-0.3, -0.25) is 0 Å². The van der Waals surface area contributed by atoms with Crippen molar-refractivity contribution in [3.05, 3.63) is 63.8 Å². The summed E-state index contributed by atoms with van der Waals surface area (Å²) < 4.78 is 6.35. The monoisotopic (exact) mass is 519 g/mol. The summed E-state index contributed by atoms with van der Waals surface area (Å²) >= 11 is 1.26. The van der Waals surface area contributed by atoms with Crippen LogP contribution in [0.15, 0.2) is 47.8 Å². The molecule has 4 rings (SSSR count). The molecule has 1 heterocycles. The van der Waals surface area contributed by atoms with Crippen LogP contribution in [-0.2, 0) is 10.8 Å². The van der Waals surface area contributed by atoms with Crippen molar-refractivity contribution in [1.29, 1.82) is 0 Å². The molecule has 0 saturated heterocycles. The number of rotatable bonds is 10. The Labute approximate surface area is 226 Å². The zero-order chi connectivity index (χ0) is 26.8. The van der Waals surface area contributed by atoms with Crippen LogP contribution in [0.4, 0.5) is 0 Å². The molecular formula is C32H41NO3S. The maximum atomic E-state index is 11.5. The fourth-order valence-electron chi connectivity index (χ4n) is 5.22. The van der Waals surface area contributed by atoms with Crippen molar-refractivity contribution in [1.82, 2.24) is 5.32 Å². The van der Waals surface area contributed by atoms with E-state index in [1.807, 2.05) is 17.5 Å². The second kappa shape index (κ2) is 11.0. The van der Waals surface area contributed by atoms with Gasteiger partial charge in [0.1, 0.15) is 10.6 Å². The number of ether oxygens (including phenoxy) is 1. The summed E-state index contributed by atoms with van der Waals surface area (Å²) in [4.78, 5) is 11.8. The van der Waals surface area contributed by atoms with E-state index < -0.39 is 5.97 Å². The molecule has 2 aromatic carbocycles.